The summed E-state index contributed by atoms with van der Waals surface area (Å²) in [5.74, 6) is 1.00. The summed E-state index contributed by atoms with van der Waals surface area (Å²) in [6, 6.07) is 10.7. The van der Waals surface area contributed by atoms with Gasteiger partial charge in [-0.3, -0.25) is 9.89 Å². The van der Waals surface area contributed by atoms with Crippen molar-refractivity contribution in [3.8, 4) is 0 Å². The topological polar surface area (TPSA) is 69.1 Å². The fourth-order valence-electron chi connectivity index (χ4n) is 3.25. The molecule has 0 amide bonds. The first kappa shape index (κ1) is 26.1. The quantitative estimate of drug-likeness (QED) is 0.182. The van der Waals surface area contributed by atoms with Gasteiger partial charge in [-0.15, -0.1) is 24.0 Å². The summed E-state index contributed by atoms with van der Waals surface area (Å²) in [4.78, 5) is 7.02. The molecule has 166 valence electrons. The van der Waals surface area contributed by atoms with Gasteiger partial charge in [0.2, 0.25) is 0 Å². The average molecular weight is 518 g/mol. The molecule has 1 aliphatic heterocycles. The van der Waals surface area contributed by atoms with Crippen molar-refractivity contribution in [2.45, 2.75) is 45.8 Å². The summed E-state index contributed by atoms with van der Waals surface area (Å²) in [5, 5.41) is 15.7. The highest BCUT2D eigenvalue weighted by atomic mass is 127. The first-order valence-corrected chi connectivity index (χ1v) is 10.7. The number of hydrogen-bond acceptors (Lipinski definition) is 4. The van der Waals surface area contributed by atoms with Gasteiger partial charge in [0, 0.05) is 52.5 Å². The zero-order valence-electron chi connectivity index (χ0n) is 18.0. The fraction of sp³-hybridized carbons (Fsp3) is 0.682. The van der Waals surface area contributed by atoms with Crippen LogP contribution in [0.4, 0.5) is 0 Å². The third-order valence-electron chi connectivity index (χ3n) is 4.97. The van der Waals surface area contributed by atoms with Gasteiger partial charge in [0.1, 0.15) is 0 Å². The Morgan fingerprint density at radius 3 is 2.62 bits per heavy atom. The van der Waals surface area contributed by atoms with Crippen LogP contribution in [-0.2, 0) is 11.3 Å². The SMILES string of the molecule is CCNC(=NCC(C)CO)NCCCOC1CCN(Cc2ccccc2)CC1.I. The lowest BCUT2D eigenvalue weighted by Gasteiger charge is -2.32. The third kappa shape index (κ3) is 11.2. The lowest BCUT2D eigenvalue weighted by molar-refractivity contribution is 0.00534. The van der Waals surface area contributed by atoms with Crippen LogP contribution < -0.4 is 10.6 Å². The minimum atomic E-state index is 0. The third-order valence-corrected chi connectivity index (χ3v) is 4.97. The maximum Gasteiger partial charge on any atom is 0.191 e. The number of aliphatic hydroxyl groups is 1. The molecule has 0 aliphatic carbocycles. The molecule has 1 saturated heterocycles. The first-order valence-electron chi connectivity index (χ1n) is 10.7. The van der Waals surface area contributed by atoms with E-state index in [1.165, 1.54) is 5.56 Å². The largest absolute Gasteiger partial charge is 0.396 e. The van der Waals surface area contributed by atoms with E-state index in [4.69, 9.17) is 9.84 Å². The Labute approximate surface area is 193 Å². The predicted octanol–water partition coefficient (Wildman–Crippen LogP) is 2.86. The molecular formula is C22H39IN4O2. The Balaban J connectivity index is 0.00000420. The summed E-state index contributed by atoms with van der Waals surface area (Å²) in [6.45, 7) is 10.6. The van der Waals surface area contributed by atoms with E-state index in [1.807, 2.05) is 6.92 Å². The Morgan fingerprint density at radius 1 is 1.24 bits per heavy atom. The average Bonchev–Trinajstić information content (AvgIpc) is 2.73. The molecule has 29 heavy (non-hydrogen) atoms. The van der Waals surface area contributed by atoms with Crippen molar-refractivity contribution in [2.75, 3.05) is 45.9 Å². The first-order chi connectivity index (χ1) is 13.7. The van der Waals surface area contributed by atoms with Gasteiger partial charge in [-0.2, -0.15) is 0 Å². The Kier molecular flexibility index (Phi) is 14.3. The number of benzene rings is 1. The highest BCUT2D eigenvalue weighted by Gasteiger charge is 2.19. The number of nitrogens with one attached hydrogen (secondary N) is 2. The minimum Gasteiger partial charge on any atom is -0.396 e. The van der Waals surface area contributed by atoms with E-state index in [2.05, 4.69) is 57.8 Å². The second-order valence-electron chi connectivity index (χ2n) is 7.62. The Hall–Kier alpha value is -0.900. The monoisotopic (exact) mass is 518 g/mol. The molecule has 6 nitrogen and oxygen atoms in total. The number of ether oxygens (including phenoxy) is 1. The molecule has 3 N–H and O–H groups in total. The number of piperidine rings is 1. The maximum absolute atomic E-state index is 9.11. The van der Waals surface area contributed by atoms with Gasteiger partial charge in [-0.25, -0.2) is 0 Å². The highest BCUT2D eigenvalue weighted by molar-refractivity contribution is 14.0. The van der Waals surface area contributed by atoms with Crippen LogP contribution in [0.25, 0.3) is 0 Å². The number of guanidine groups is 1. The van der Waals surface area contributed by atoms with Gasteiger partial charge in [0.15, 0.2) is 5.96 Å². The molecule has 1 aromatic carbocycles. The molecule has 2 rings (SSSR count). The van der Waals surface area contributed by atoms with Crippen molar-refractivity contribution in [3.05, 3.63) is 35.9 Å². The summed E-state index contributed by atoms with van der Waals surface area (Å²) < 4.78 is 6.08. The summed E-state index contributed by atoms with van der Waals surface area (Å²) in [5.41, 5.74) is 1.39. The zero-order chi connectivity index (χ0) is 20.0. The predicted molar refractivity (Wildman–Crippen MR) is 131 cm³/mol. The number of aliphatic hydroxyl groups excluding tert-OH is 1. The van der Waals surface area contributed by atoms with Gasteiger partial charge in [0.05, 0.1) is 6.10 Å². The maximum atomic E-state index is 9.11. The molecule has 0 aromatic heterocycles. The van der Waals surface area contributed by atoms with E-state index in [0.717, 1.165) is 64.6 Å². The van der Waals surface area contributed by atoms with E-state index in [0.29, 0.717) is 12.6 Å². The molecular weight excluding hydrogens is 479 g/mol. The van der Waals surface area contributed by atoms with Crippen molar-refractivity contribution < 1.29 is 9.84 Å². The second kappa shape index (κ2) is 15.9. The van der Waals surface area contributed by atoms with Crippen molar-refractivity contribution >= 4 is 29.9 Å². The van der Waals surface area contributed by atoms with Crippen LogP contribution in [0.2, 0.25) is 0 Å². The fourth-order valence-corrected chi connectivity index (χ4v) is 3.25. The number of halogens is 1. The Bertz CT molecular complexity index is 551. The van der Waals surface area contributed by atoms with Crippen LogP contribution in [0.1, 0.15) is 38.7 Å². The molecule has 1 atom stereocenters. The van der Waals surface area contributed by atoms with Crippen molar-refractivity contribution in [1.29, 1.82) is 0 Å². The van der Waals surface area contributed by atoms with E-state index in [1.54, 1.807) is 0 Å². The van der Waals surface area contributed by atoms with Crippen LogP contribution in [0.5, 0.6) is 0 Å². The van der Waals surface area contributed by atoms with Crippen LogP contribution >= 0.6 is 24.0 Å². The molecule has 0 radical (unpaired) electrons. The van der Waals surface area contributed by atoms with Crippen molar-refractivity contribution in [2.24, 2.45) is 10.9 Å². The van der Waals surface area contributed by atoms with E-state index >= 15 is 0 Å². The van der Waals surface area contributed by atoms with Gasteiger partial charge < -0.3 is 20.5 Å². The number of rotatable bonds is 11. The Morgan fingerprint density at radius 2 is 1.97 bits per heavy atom. The van der Waals surface area contributed by atoms with Gasteiger partial charge >= 0.3 is 0 Å². The van der Waals surface area contributed by atoms with Crippen molar-refractivity contribution in [3.63, 3.8) is 0 Å². The molecule has 1 aliphatic rings. The smallest absolute Gasteiger partial charge is 0.191 e. The molecule has 1 fully saturated rings. The van der Waals surface area contributed by atoms with Crippen molar-refractivity contribution in [1.82, 2.24) is 15.5 Å². The van der Waals surface area contributed by atoms with Crippen LogP contribution in [0.3, 0.4) is 0 Å². The molecule has 7 heteroatoms. The lowest BCUT2D eigenvalue weighted by Crippen LogP contribution is -2.39. The van der Waals surface area contributed by atoms with Crippen LogP contribution in [-0.4, -0.2) is 68.0 Å². The summed E-state index contributed by atoms with van der Waals surface area (Å²) in [6.07, 6.45) is 3.58. The van der Waals surface area contributed by atoms with Crippen LogP contribution in [0.15, 0.2) is 35.3 Å². The van der Waals surface area contributed by atoms with Gasteiger partial charge in [-0.1, -0.05) is 37.3 Å². The van der Waals surface area contributed by atoms with Gasteiger partial charge in [0.25, 0.3) is 0 Å². The molecule has 1 aromatic rings. The number of likely N-dealkylation sites (tertiary alicyclic amines) is 1. The minimum absolute atomic E-state index is 0. The van der Waals surface area contributed by atoms with E-state index in [-0.39, 0.29) is 36.5 Å². The normalized spacial score (nSPS) is 16.9. The molecule has 1 unspecified atom stereocenters. The zero-order valence-corrected chi connectivity index (χ0v) is 20.3. The second-order valence-corrected chi connectivity index (χ2v) is 7.62. The highest BCUT2D eigenvalue weighted by Crippen LogP contribution is 2.16. The number of hydrogen-bond donors (Lipinski definition) is 3. The molecule has 0 bridgehead atoms. The van der Waals surface area contributed by atoms with Crippen LogP contribution in [0, 0.1) is 5.92 Å². The summed E-state index contributed by atoms with van der Waals surface area (Å²) in [7, 11) is 0. The number of aliphatic imine (C=N–C) groups is 1. The van der Waals surface area contributed by atoms with E-state index < -0.39 is 0 Å². The number of nitrogens with zero attached hydrogens (tertiary/aromatic N) is 2. The molecule has 1 heterocycles. The molecule has 0 saturated carbocycles. The summed E-state index contributed by atoms with van der Waals surface area (Å²) >= 11 is 0. The molecule has 0 spiro atoms. The standard InChI is InChI=1S/C22H38N4O2.HI/c1-3-23-22(25-16-19(2)18-27)24-12-7-15-28-21-10-13-26(14-11-21)17-20-8-5-4-6-9-20;/h4-6,8-9,19,21,27H,3,7,10-18H2,1-2H3,(H2,23,24,25);1H. The lowest BCUT2D eigenvalue weighted by atomic mass is 10.1. The van der Waals surface area contributed by atoms with Gasteiger partial charge in [-0.05, 0) is 37.7 Å². The van der Waals surface area contributed by atoms with E-state index in [9.17, 15) is 0 Å².